The van der Waals surface area contributed by atoms with Crippen molar-refractivity contribution < 1.29 is 31.7 Å². The molecule has 1 aliphatic heterocycles. The zero-order valence-corrected chi connectivity index (χ0v) is 24.7. The third-order valence-corrected chi connectivity index (χ3v) is 8.08. The van der Waals surface area contributed by atoms with E-state index in [1.807, 2.05) is 36.4 Å². The minimum atomic E-state index is -4.22. The summed E-state index contributed by atoms with van der Waals surface area (Å²) in [6.07, 6.45) is 1.31. The molecule has 0 aromatic heterocycles. The Morgan fingerprint density at radius 2 is 1.69 bits per heavy atom. The molecule has 39 heavy (non-hydrogen) atoms. The third-order valence-electron chi connectivity index (χ3n) is 5.79. The van der Waals surface area contributed by atoms with Crippen LogP contribution >= 0.6 is 34.2 Å². The lowest BCUT2D eigenvalue weighted by Crippen LogP contribution is -2.54. The first kappa shape index (κ1) is 28.6. The second-order valence-corrected chi connectivity index (χ2v) is 11.6. The summed E-state index contributed by atoms with van der Waals surface area (Å²) in [7, 11) is -4.22. The first-order valence-electron chi connectivity index (χ1n) is 11.6. The monoisotopic (exact) mass is 680 g/mol. The Morgan fingerprint density at radius 1 is 1.00 bits per heavy atom. The summed E-state index contributed by atoms with van der Waals surface area (Å²) in [5, 5.41) is 2.56. The van der Waals surface area contributed by atoms with Crippen LogP contribution in [0.1, 0.15) is 23.6 Å². The van der Waals surface area contributed by atoms with Crippen molar-refractivity contribution in [3.8, 4) is 11.5 Å². The van der Waals surface area contributed by atoms with Gasteiger partial charge in [-0.1, -0.05) is 17.7 Å². The van der Waals surface area contributed by atoms with Crippen molar-refractivity contribution in [2.24, 2.45) is 0 Å². The molecule has 1 aliphatic rings. The van der Waals surface area contributed by atoms with Crippen molar-refractivity contribution in [2.75, 3.05) is 11.5 Å². The fourth-order valence-electron chi connectivity index (χ4n) is 3.70. The summed E-state index contributed by atoms with van der Waals surface area (Å²) in [6, 6.07) is 12.7. The molecule has 3 aromatic rings. The van der Waals surface area contributed by atoms with Gasteiger partial charge in [-0.15, -0.1) is 0 Å². The lowest BCUT2D eigenvalue weighted by molar-refractivity contribution is -0.122. The van der Waals surface area contributed by atoms with Gasteiger partial charge in [-0.2, -0.15) is 8.42 Å². The van der Waals surface area contributed by atoms with Crippen LogP contribution in [0.15, 0.2) is 65.1 Å². The first-order valence-corrected chi connectivity index (χ1v) is 14.4. The second-order valence-electron chi connectivity index (χ2n) is 8.48. The highest BCUT2D eigenvalue weighted by Gasteiger charge is 2.37. The molecule has 3 aromatic carbocycles. The standard InChI is InChI=1S/C27H22ClIN2O7S/c1-4-37-23-14-17(13-22(29)24(23)38-39(35,36)20-9-6-18(28)7-10-20)12-21-25(32)30-27(34)31(26(21)33)19-8-5-15(2)16(3)11-19/h5-14H,4H2,1-3H3,(H,30,32,34)/b21-12+. The molecule has 0 unspecified atom stereocenters. The average Bonchev–Trinajstić information content (AvgIpc) is 2.86. The number of halogens is 2. The highest BCUT2D eigenvalue weighted by atomic mass is 127. The van der Waals surface area contributed by atoms with Crippen LogP contribution in [0.5, 0.6) is 11.5 Å². The number of ether oxygens (including phenoxy) is 1. The molecule has 12 heteroatoms. The van der Waals surface area contributed by atoms with Gasteiger partial charge >= 0.3 is 16.1 Å². The van der Waals surface area contributed by atoms with Gasteiger partial charge in [-0.25, -0.2) is 9.69 Å². The highest BCUT2D eigenvalue weighted by Crippen LogP contribution is 2.37. The van der Waals surface area contributed by atoms with Crippen molar-refractivity contribution in [3.05, 3.63) is 85.5 Å². The maximum Gasteiger partial charge on any atom is 0.339 e. The SMILES string of the molecule is CCOc1cc(/C=C2\C(=O)NC(=O)N(c3ccc(C)c(C)c3)C2=O)cc(I)c1OS(=O)(=O)c1ccc(Cl)cc1. The van der Waals surface area contributed by atoms with E-state index in [-0.39, 0.29) is 28.6 Å². The average molecular weight is 681 g/mol. The summed E-state index contributed by atoms with van der Waals surface area (Å²) in [5.74, 6) is -1.63. The molecule has 4 amide bonds. The van der Waals surface area contributed by atoms with Gasteiger partial charge in [0.2, 0.25) is 0 Å². The maximum atomic E-state index is 13.3. The van der Waals surface area contributed by atoms with Crippen LogP contribution in [0.4, 0.5) is 10.5 Å². The number of benzene rings is 3. The molecule has 1 fully saturated rings. The summed E-state index contributed by atoms with van der Waals surface area (Å²) in [6.45, 7) is 5.64. The number of urea groups is 1. The summed E-state index contributed by atoms with van der Waals surface area (Å²) in [4.78, 5) is 39.3. The molecule has 0 aliphatic carbocycles. The van der Waals surface area contributed by atoms with Gasteiger partial charge in [-0.3, -0.25) is 14.9 Å². The number of aryl methyl sites for hydroxylation is 2. The smallest absolute Gasteiger partial charge is 0.339 e. The van der Waals surface area contributed by atoms with Crippen LogP contribution in [-0.2, 0) is 19.7 Å². The lowest BCUT2D eigenvalue weighted by Gasteiger charge is -2.27. The molecule has 0 bridgehead atoms. The van der Waals surface area contributed by atoms with E-state index >= 15 is 0 Å². The van der Waals surface area contributed by atoms with Crippen molar-refractivity contribution in [2.45, 2.75) is 25.7 Å². The normalized spacial score (nSPS) is 14.9. The molecular weight excluding hydrogens is 659 g/mol. The number of nitrogens with one attached hydrogen (secondary N) is 1. The Bertz CT molecular complexity index is 1640. The first-order chi connectivity index (χ1) is 18.4. The molecule has 0 saturated carbocycles. The maximum absolute atomic E-state index is 13.3. The van der Waals surface area contributed by atoms with E-state index in [1.165, 1.54) is 42.5 Å². The number of barbiturate groups is 1. The van der Waals surface area contributed by atoms with E-state index in [0.29, 0.717) is 19.8 Å². The number of carbonyl (C=O) groups excluding carboxylic acids is 3. The van der Waals surface area contributed by atoms with Gasteiger partial charge < -0.3 is 8.92 Å². The number of amides is 4. The Morgan fingerprint density at radius 3 is 2.33 bits per heavy atom. The Labute approximate surface area is 244 Å². The van der Waals surface area contributed by atoms with Gasteiger partial charge in [0, 0.05) is 5.02 Å². The molecule has 0 atom stereocenters. The van der Waals surface area contributed by atoms with Crippen LogP contribution in [0.25, 0.3) is 6.08 Å². The van der Waals surface area contributed by atoms with E-state index in [9.17, 15) is 22.8 Å². The summed E-state index contributed by atoms with van der Waals surface area (Å²) >= 11 is 7.73. The molecule has 1 heterocycles. The van der Waals surface area contributed by atoms with Crippen LogP contribution in [0.2, 0.25) is 5.02 Å². The quantitative estimate of drug-likeness (QED) is 0.154. The highest BCUT2D eigenvalue weighted by molar-refractivity contribution is 14.1. The Kier molecular flexibility index (Phi) is 8.33. The number of hydrogen-bond donors (Lipinski definition) is 1. The van der Waals surface area contributed by atoms with Crippen LogP contribution < -0.4 is 19.1 Å². The fourth-order valence-corrected chi connectivity index (χ4v) is 5.67. The third kappa shape index (κ3) is 6.10. The van der Waals surface area contributed by atoms with E-state index in [2.05, 4.69) is 5.32 Å². The van der Waals surface area contributed by atoms with Gasteiger partial charge in [0.15, 0.2) is 11.5 Å². The molecule has 9 nitrogen and oxygen atoms in total. The predicted octanol–water partition coefficient (Wildman–Crippen LogP) is 5.39. The molecule has 0 spiro atoms. The number of nitrogens with zero attached hydrogens (tertiary/aromatic N) is 1. The number of rotatable bonds is 7. The fraction of sp³-hybridized carbons (Fsp3) is 0.148. The molecule has 4 rings (SSSR count). The molecular formula is C27H22ClIN2O7S. The topological polar surface area (TPSA) is 119 Å². The Hall–Kier alpha value is -3.42. The molecule has 1 saturated heterocycles. The predicted molar refractivity (Wildman–Crippen MR) is 155 cm³/mol. The zero-order chi connectivity index (χ0) is 28.5. The van der Waals surface area contributed by atoms with Crippen LogP contribution in [-0.4, -0.2) is 32.9 Å². The van der Waals surface area contributed by atoms with Crippen molar-refractivity contribution in [1.82, 2.24) is 5.32 Å². The van der Waals surface area contributed by atoms with E-state index in [0.717, 1.165) is 16.0 Å². The van der Waals surface area contributed by atoms with Gasteiger partial charge in [-0.05, 0) is 115 Å². The van der Waals surface area contributed by atoms with Gasteiger partial charge in [0.1, 0.15) is 10.5 Å². The number of carbonyl (C=O) groups is 3. The van der Waals surface area contributed by atoms with Crippen molar-refractivity contribution in [3.63, 3.8) is 0 Å². The lowest BCUT2D eigenvalue weighted by atomic mass is 10.0. The molecule has 0 radical (unpaired) electrons. The molecule has 1 N–H and O–H groups in total. The van der Waals surface area contributed by atoms with Gasteiger partial charge in [0.05, 0.1) is 15.9 Å². The van der Waals surface area contributed by atoms with Crippen molar-refractivity contribution in [1.29, 1.82) is 0 Å². The minimum absolute atomic E-state index is 0.0547. The second kappa shape index (κ2) is 11.4. The largest absolute Gasteiger partial charge is 0.490 e. The van der Waals surface area contributed by atoms with Gasteiger partial charge in [0.25, 0.3) is 11.8 Å². The summed E-state index contributed by atoms with van der Waals surface area (Å²) in [5.41, 5.74) is 2.24. The number of anilines is 1. The number of hydrogen-bond acceptors (Lipinski definition) is 7. The zero-order valence-electron chi connectivity index (χ0n) is 20.9. The van der Waals surface area contributed by atoms with E-state index in [4.69, 9.17) is 20.5 Å². The number of imide groups is 2. The van der Waals surface area contributed by atoms with Crippen molar-refractivity contribution >= 4 is 73.9 Å². The van der Waals surface area contributed by atoms with Crippen LogP contribution in [0.3, 0.4) is 0 Å². The minimum Gasteiger partial charge on any atom is -0.490 e. The van der Waals surface area contributed by atoms with E-state index in [1.54, 1.807) is 25.1 Å². The van der Waals surface area contributed by atoms with Crippen LogP contribution in [0, 0.1) is 17.4 Å². The van der Waals surface area contributed by atoms with E-state index < -0.39 is 28.0 Å². The Balaban J connectivity index is 1.72. The summed E-state index contributed by atoms with van der Waals surface area (Å²) < 4.78 is 37.2. The molecule has 202 valence electrons.